The quantitative estimate of drug-likeness (QED) is 0.635. The topological polar surface area (TPSA) is 65.1 Å². The molecular formula is C12H19NO5. The van der Waals surface area contributed by atoms with E-state index in [2.05, 4.69) is 0 Å². The van der Waals surface area contributed by atoms with Gasteiger partial charge in [0.1, 0.15) is 12.2 Å². The first-order valence-corrected chi connectivity index (χ1v) is 6.05. The molecule has 0 N–H and O–H groups in total. The van der Waals surface area contributed by atoms with Gasteiger partial charge in [0, 0.05) is 6.54 Å². The molecule has 1 spiro atoms. The first kappa shape index (κ1) is 13.3. The fourth-order valence-electron chi connectivity index (χ4n) is 2.04. The summed E-state index contributed by atoms with van der Waals surface area (Å²) >= 11 is 0. The molecule has 6 heteroatoms. The molecule has 102 valence electrons. The van der Waals surface area contributed by atoms with E-state index in [1.165, 1.54) is 4.90 Å². The molecule has 1 atom stereocenters. The Balaban J connectivity index is 2.03. The summed E-state index contributed by atoms with van der Waals surface area (Å²) in [5.74, 6) is -0.101. The van der Waals surface area contributed by atoms with Gasteiger partial charge in [-0.25, -0.2) is 4.79 Å². The van der Waals surface area contributed by atoms with E-state index >= 15 is 0 Å². The number of ketones is 1. The molecule has 0 saturated carbocycles. The fraction of sp³-hybridized carbons (Fsp3) is 0.833. The van der Waals surface area contributed by atoms with Crippen LogP contribution in [0.15, 0.2) is 0 Å². The van der Waals surface area contributed by atoms with Gasteiger partial charge in [-0.2, -0.15) is 0 Å². The van der Waals surface area contributed by atoms with Crippen molar-refractivity contribution in [1.29, 1.82) is 0 Å². The molecule has 1 amide bonds. The molecule has 2 aliphatic heterocycles. The number of hydrogen-bond acceptors (Lipinski definition) is 5. The summed E-state index contributed by atoms with van der Waals surface area (Å²) < 4.78 is 15.9. The molecule has 2 fully saturated rings. The van der Waals surface area contributed by atoms with Gasteiger partial charge in [-0.3, -0.25) is 4.79 Å². The zero-order valence-electron chi connectivity index (χ0n) is 11.0. The Hall–Kier alpha value is -1.14. The van der Waals surface area contributed by atoms with E-state index in [1.807, 2.05) is 20.8 Å². The number of hydrogen-bond donors (Lipinski definition) is 0. The molecule has 1 unspecified atom stereocenters. The van der Waals surface area contributed by atoms with Gasteiger partial charge in [-0.05, 0) is 20.8 Å². The maximum Gasteiger partial charge on any atom is 0.410 e. The summed E-state index contributed by atoms with van der Waals surface area (Å²) in [6, 6.07) is 0. The predicted octanol–water partition coefficient (Wildman–Crippen LogP) is 0.592. The highest BCUT2D eigenvalue weighted by atomic mass is 16.6. The third kappa shape index (κ3) is 2.64. The third-order valence-corrected chi connectivity index (χ3v) is 2.91. The minimum absolute atomic E-state index is 0.0577. The van der Waals surface area contributed by atoms with Crippen molar-refractivity contribution in [2.45, 2.75) is 32.0 Å². The van der Waals surface area contributed by atoms with Gasteiger partial charge >= 0.3 is 6.09 Å². The lowest BCUT2D eigenvalue weighted by Crippen LogP contribution is -2.58. The Morgan fingerprint density at radius 1 is 1.44 bits per heavy atom. The smallest absolute Gasteiger partial charge is 0.410 e. The summed E-state index contributed by atoms with van der Waals surface area (Å²) in [5.41, 5.74) is -1.52. The van der Waals surface area contributed by atoms with Crippen molar-refractivity contribution in [2.24, 2.45) is 0 Å². The lowest BCUT2D eigenvalue weighted by Gasteiger charge is -2.38. The van der Waals surface area contributed by atoms with Crippen LogP contribution in [0.1, 0.15) is 20.8 Å². The molecule has 0 aromatic heterocycles. The highest BCUT2D eigenvalue weighted by molar-refractivity contribution is 5.91. The second-order valence-corrected chi connectivity index (χ2v) is 5.66. The van der Waals surface area contributed by atoms with Gasteiger partial charge in [0.2, 0.25) is 0 Å². The van der Waals surface area contributed by atoms with Crippen molar-refractivity contribution in [2.75, 3.05) is 32.9 Å². The molecule has 2 rings (SSSR count). The number of carbonyl (C=O) groups is 2. The Labute approximate surface area is 106 Å². The molecule has 6 nitrogen and oxygen atoms in total. The SMILES string of the molecule is CC(C)(C)OC(=O)N1CCOC2(COCC2=O)C1. The normalized spacial score (nSPS) is 28.8. The maximum atomic E-state index is 12.0. The van der Waals surface area contributed by atoms with Crippen LogP contribution in [0.5, 0.6) is 0 Å². The molecule has 0 aromatic carbocycles. The molecule has 2 saturated heterocycles. The molecule has 2 heterocycles. The van der Waals surface area contributed by atoms with Gasteiger partial charge < -0.3 is 19.1 Å². The average Bonchev–Trinajstić information content (AvgIpc) is 2.58. The number of amides is 1. The number of Topliss-reactive ketones (excluding diaryl/α,β-unsaturated/α-hetero) is 1. The lowest BCUT2D eigenvalue weighted by atomic mass is 10.00. The van der Waals surface area contributed by atoms with Crippen LogP contribution in [0.25, 0.3) is 0 Å². The third-order valence-electron chi connectivity index (χ3n) is 2.91. The largest absolute Gasteiger partial charge is 0.444 e. The van der Waals surface area contributed by atoms with Crippen molar-refractivity contribution in [3.05, 3.63) is 0 Å². The van der Waals surface area contributed by atoms with E-state index in [0.717, 1.165) is 0 Å². The number of carbonyl (C=O) groups excluding carboxylic acids is 2. The van der Waals surface area contributed by atoms with Gasteiger partial charge in [0.15, 0.2) is 11.4 Å². The highest BCUT2D eigenvalue weighted by Crippen LogP contribution is 2.25. The predicted molar refractivity (Wildman–Crippen MR) is 62.3 cm³/mol. The standard InChI is InChI=1S/C12H19NO5/c1-11(2,3)18-10(15)13-4-5-17-12(7-13)8-16-6-9(12)14/h4-8H2,1-3H3. The molecule has 0 aliphatic carbocycles. The summed E-state index contributed by atoms with van der Waals surface area (Å²) in [6.07, 6.45) is -0.412. The molecule has 0 radical (unpaired) electrons. The number of morpholine rings is 1. The Morgan fingerprint density at radius 2 is 2.17 bits per heavy atom. The summed E-state index contributed by atoms with van der Waals surface area (Å²) in [7, 11) is 0. The van der Waals surface area contributed by atoms with E-state index in [9.17, 15) is 9.59 Å². The first-order chi connectivity index (χ1) is 8.32. The van der Waals surface area contributed by atoms with Gasteiger partial charge in [0.25, 0.3) is 0 Å². The van der Waals surface area contributed by atoms with Crippen molar-refractivity contribution in [1.82, 2.24) is 4.90 Å². The van der Waals surface area contributed by atoms with E-state index < -0.39 is 17.3 Å². The fourth-order valence-corrected chi connectivity index (χ4v) is 2.04. The van der Waals surface area contributed by atoms with E-state index in [1.54, 1.807) is 0 Å². The average molecular weight is 257 g/mol. The van der Waals surface area contributed by atoms with Crippen LogP contribution < -0.4 is 0 Å². The van der Waals surface area contributed by atoms with Gasteiger partial charge in [-0.1, -0.05) is 0 Å². The van der Waals surface area contributed by atoms with Crippen LogP contribution >= 0.6 is 0 Å². The van der Waals surface area contributed by atoms with Crippen molar-refractivity contribution >= 4 is 11.9 Å². The Morgan fingerprint density at radius 3 is 2.72 bits per heavy atom. The second-order valence-electron chi connectivity index (χ2n) is 5.66. The first-order valence-electron chi connectivity index (χ1n) is 6.05. The van der Waals surface area contributed by atoms with Crippen molar-refractivity contribution in [3.63, 3.8) is 0 Å². The number of rotatable bonds is 0. The van der Waals surface area contributed by atoms with Crippen LogP contribution in [0.4, 0.5) is 4.79 Å². The van der Waals surface area contributed by atoms with Gasteiger partial charge in [0.05, 0.1) is 19.8 Å². The summed E-state index contributed by atoms with van der Waals surface area (Å²) in [6.45, 7) is 6.67. The zero-order valence-corrected chi connectivity index (χ0v) is 11.0. The summed E-state index contributed by atoms with van der Waals surface area (Å²) in [5, 5.41) is 0. The number of nitrogens with zero attached hydrogens (tertiary/aromatic N) is 1. The molecular weight excluding hydrogens is 238 g/mol. The van der Waals surface area contributed by atoms with E-state index in [4.69, 9.17) is 14.2 Å². The highest BCUT2D eigenvalue weighted by Gasteiger charge is 2.49. The van der Waals surface area contributed by atoms with Crippen LogP contribution in [-0.4, -0.2) is 60.9 Å². The molecule has 18 heavy (non-hydrogen) atoms. The van der Waals surface area contributed by atoms with Crippen molar-refractivity contribution in [3.8, 4) is 0 Å². The molecule has 2 aliphatic rings. The molecule has 0 aromatic rings. The zero-order chi connectivity index (χ0) is 13.4. The summed E-state index contributed by atoms with van der Waals surface area (Å²) in [4.78, 5) is 25.2. The minimum Gasteiger partial charge on any atom is -0.444 e. The van der Waals surface area contributed by atoms with E-state index in [0.29, 0.717) is 13.2 Å². The monoisotopic (exact) mass is 257 g/mol. The molecule has 0 bridgehead atoms. The Bertz CT molecular complexity index is 362. The lowest BCUT2D eigenvalue weighted by molar-refractivity contribution is -0.149. The van der Waals surface area contributed by atoms with E-state index in [-0.39, 0.29) is 25.5 Å². The second kappa shape index (κ2) is 4.51. The van der Waals surface area contributed by atoms with Crippen molar-refractivity contribution < 1.29 is 23.8 Å². The van der Waals surface area contributed by atoms with Crippen LogP contribution in [-0.2, 0) is 19.0 Å². The van der Waals surface area contributed by atoms with Gasteiger partial charge in [-0.15, -0.1) is 0 Å². The maximum absolute atomic E-state index is 12.0. The Kier molecular flexibility index (Phi) is 3.33. The van der Waals surface area contributed by atoms with Crippen LogP contribution in [0.3, 0.4) is 0 Å². The number of ether oxygens (including phenoxy) is 3. The van der Waals surface area contributed by atoms with Crippen LogP contribution in [0, 0.1) is 0 Å². The minimum atomic E-state index is -0.977. The van der Waals surface area contributed by atoms with Crippen LogP contribution in [0.2, 0.25) is 0 Å².